The standard InChI is InChI=1S/C23H31N3O/c1-17-12-15-26(16-13-17)21-9-7-20(8-10-21)25-22(27)11-14-24-23-18(2)5-4-6-19(23)3/h4-10,17,24H,11-16H2,1-3H3,(H,25,27). The number of hydrogen-bond donors (Lipinski definition) is 2. The number of carbonyl (C=O) groups excluding carboxylic acids is 1. The van der Waals surface area contributed by atoms with Crippen LogP contribution in [0, 0.1) is 19.8 Å². The molecule has 1 fully saturated rings. The molecule has 27 heavy (non-hydrogen) atoms. The summed E-state index contributed by atoms with van der Waals surface area (Å²) in [5, 5.41) is 6.38. The quantitative estimate of drug-likeness (QED) is 0.759. The van der Waals surface area contributed by atoms with Crippen LogP contribution in [-0.2, 0) is 4.79 Å². The fourth-order valence-corrected chi connectivity index (χ4v) is 3.64. The number of piperidine rings is 1. The number of nitrogens with one attached hydrogen (secondary N) is 2. The normalized spacial score (nSPS) is 14.9. The third-order valence-electron chi connectivity index (χ3n) is 5.43. The largest absolute Gasteiger partial charge is 0.384 e. The smallest absolute Gasteiger partial charge is 0.226 e. The number of aryl methyl sites for hydroxylation is 2. The summed E-state index contributed by atoms with van der Waals surface area (Å²) in [6, 6.07) is 14.5. The number of benzene rings is 2. The number of rotatable bonds is 6. The monoisotopic (exact) mass is 365 g/mol. The van der Waals surface area contributed by atoms with E-state index in [-0.39, 0.29) is 5.91 Å². The summed E-state index contributed by atoms with van der Waals surface area (Å²) in [4.78, 5) is 14.7. The Morgan fingerprint density at radius 2 is 1.67 bits per heavy atom. The van der Waals surface area contributed by atoms with Gasteiger partial charge < -0.3 is 15.5 Å². The van der Waals surface area contributed by atoms with Crippen LogP contribution in [-0.4, -0.2) is 25.5 Å². The molecular weight excluding hydrogens is 334 g/mol. The van der Waals surface area contributed by atoms with Gasteiger partial charge in [-0.2, -0.15) is 0 Å². The molecule has 0 atom stereocenters. The molecule has 2 N–H and O–H groups in total. The summed E-state index contributed by atoms with van der Waals surface area (Å²) in [5.74, 6) is 0.866. The predicted molar refractivity (Wildman–Crippen MR) is 115 cm³/mol. The molecule has 0 unspecified atom stereocenters. The van der Waals surface area contributed by atoms with E-state index >= 15 is 0 Å². The Balaban J connectivity index is 1.46. The number of anilines is 3. The Morgan fingerprint density at radius 1 is 1.04 bits per heavy atom. The van der Waals surface area contributed by atoms with Crippen molar-refractivity contribution in [1.82, 2.24) is 0 Å². The average Bonchev–Trinajstić information content (AvgIpc) is 2.65. The van der Waals surface area contributed by atoms with Crippen LogP contribution in [0.25, 0.3) is 0 Å². The van der Waals surface area contributed by atoms with Crippen LogP contribution in [0.1, 0.15) is 37.3 Å². The second kappa shape index (κ2) is 8.94. The summed E-state index contributed by atoms with van der Waals surface area (Å²) >= 11 is 0. The Bertz CT molecular complexity index is 741. The first-order valence-corrected chi connectivity index (χ1v) is 9.98. The Kier molecular flexibility index (Phi) is 6.38. The Morgan fingerprint density at radius 3 is 2.30 bits per heavy atom. The van der Waals surface area contributed by atoms with E-state index in [4.69, 9.17) is 0 Å². The lowest BCUT2D eigenvalue weighted by Gasteiger charge is -2.32. The molecule has 4 nitrogen and oxygen atoms in total. The zero-order chi connectivity index (χ0) is 19.2. The number of para-hydroxylation sites is 1. The molecule has 0 radical (unpaired) electrons. The molecule has 2 aromatic carbocycles. The maximum absolute atomic E-state index is 12.2. The van der Waals surface area contributed by atoms with Gasteiger partial charge in [0, 0.05) is 43.1 Å². The number of amides is 1. The second-order valence-corrected chi connectivity index (χ2v) is 7.71. The highest BCUT2D eigenvalue weighted by atomic mass is 16.1. The van der Waals surface area contributed by atoms with Gasteiger partial charge in [0.1, 0.15) is 0 Å². The van der Waals surface area contributed by atoms with Crippen LogP contribution in [0.5, 0.6) is 0 Å². The van der Waals surface area contributed by atoms with Crippen molar-refractivity contribution in [2.75, 3.05) is 35.2 Å². The molecule has 3 rings (SSSR count). The Labute approximate surface area is 163 Å². The molecule has 0 spiro atoms. The molecule has 2 aromatic rings. The molecule has 1 aliphatic rings. The van der Waals surface area contributed by atoms with Crippen LogP contribution in [0.3, 0.4) is 0 Å². The first kappa shape index (κ1) is 19.3. The van der Waals surface area contributed by atoms with Crippen molar-refractivity contribution in [2.24, 2.45) is 5.92 Å². The van der Waals surface area contributed by atoms with Crippen molar-refractivity contribution in [3.05, 3.63) is 53.6 Å². The molecule has 0 aliphatic carbocycles. The topological polar surface area (TPSA) is 44.4 Å². The van der Waals surface area contributed by atoms with Crippen molar-refractivity contribution < 1.29 is 4.79 Å². The van der Waals surface area contributed by atoms with Gasteiger partial charge in [-0.05, 0) is 68.0 Å². The second-order valence-electron chi connectivity index (χ2n) is 7.71. The molecule has 1 aliphatic heterocycles. The number of carbonyl (C=O) groups is 1. The minimum Gasteiger partial charge on any atom is -0.384 e. The molecular formula is C23H31N3O. The van der Waals surface area contributed by atoms with E-state index in [1.54, 1.807) is 0 Å². The first-order valence-electron chi connectivity index (χ1n) is 9.98. The molecule has 4 heteroatoms. The minimum absolute atomic E-state index is 0.0354. The maximum atomic E-state index is 12.2. The van der Waals surface area contributed by atoms with Gasteiger partial charge in [-0.1, -0.05) is 25.1 Å². The number of nitrogens with zero attached hydrogens (tertiary/aromatic N) is 1. The molecule has 144 valence electrons. The van der Waals surface area contributed by atoms with Gasteiger partial charge in [-0.15, -0.1) is 0 Å². The summed E-state index contributed by atoms with van der Waals surface area (Å²) in [6.45, 7) is 9.36. The first-order chi connectivity index (χ1) is 13.0. The molecule has 0 bridgehead atoms. The van der Waals surface area contributed by atoms with Gasteiger partial charge in [0.15, 0.2) is 0 Å². The highest BCUT2D eigenvalue weighted by Crippen LogP contribution is 2.24. The van der Waals surface area contributed by atoms with Crippen molar-refractivity contribution in [1.29, 1.82) is 0 Å². The van der Waals surface area contributed by atoms with Crippen LogP contribution in [0.2, 0.25) is 0 Å². The van der Waals surface area contributed by atoms with Gasteiger partial charge in [-0.3, -0.25) is 4.79 Å². The van der Waals surface area contributed by atoms with E-state index in [1.165, 1.54) is 29.7 Å². The van der Waals surface area contributed by atoms with Crippen LogP contribution in [0.15, 0.2) is 42.5 Å². The van der Waals surface area contributed by atoms with Gasteiger partial charge in [0.2, 0.25) is 5.91 Å². The van der Waals surface area contributed by atoms with E-state index in [0.717, 1.165) is 30.4 Å². The fourth-order valence-electron chi connectivity index (χ4n) is 3.64. The van der Waals surface area contributed by atoms with Crippen molar-refractivity contribution >= 4 is 23.0 Å². The van der Waals surface area contributed by atoms with Crippen molar-refractivity contribution in [3.8, 4) is 0 Å². The van der Waals surface area contributed by atoms with E-state index in [9.17, 15) is 4.79 Å². The Hall–Kier alpha value is -2.49. The van der Waals surface area contributed by atoms with Gasteiger partial charge in [0.25, 0.3) is 0 Å². The molecule has 0 aromatic heterocycles. The molecule has 1 amide bonds. The third-order valence-corrected chi connectivity index (χ3v) is 5.43. The lowest BCUT2D eigenvalue weighted by molar-refractivity contribution is -0.115. The third kappa shape index (κ3) is 5.25. The van der Waals surface area contributed by atoms with Crippen molar-refractivity contribution in [3.63, 3.8) is 0 Å². The van der Waals surface area contributed by atoms with E-state index in [1.807, 2.05) is 12.1 Å². The summed E-state index contributed by atoms with van der Waals surface area (Å²) in [6.07, 6.45) is 2.96. The summed E-state index contributed by atoms with van der Waals surface area (Å²) in [5.41, 5.74) is 5.65. The predicted octanol–water partition coefficient (Wildman–Crippen LogP) is 4.98. The van der Waals surface area contributed by atoms with Crippen LogP contribution in [0.4, 0.5) is 17.1 Å². The van der Waals surface area contributed by atoms with E-state index in [0.29, 0.717) is 13.0 Å². The zero-order valence-corrected chi connectivity index (χ0v) is 16.7. The number of hydrogen-bond acceptors (Lipinski definition) is 3. The minimum atomic E-state index is 0.0354. The van der Waals surface area contributed by atoms with Crippen molar-refractivity contribution in [2.45, 2.75) is 40.0 Å². The summed E-state index contributed by atoms with van der Waals surface area (Å²) in [7, 11) is 0. The van der Waals surface area contributed by atoms with Gasteiger partial charge in [0.05, 0.1) is 0 Å². The highest BCUT2D eigenvalue weighted by Gasteiger charge is 2.15. The van der Waals surface area contributed by atoms with E-state index < -0.39 is 0 Å². The SMILES string of the molecule is Cc1cccc(C)c1NCCC(=O)Nc1ccc(N2CCC(C)CC2)cc1. The molecule has 1 saturated heterocycles. The molecule has 0 saturated carbocycles. The van der Waals surface area contributed by atoms with E-state index in [2.05, 4.69) is 66.6 Å². The summed E-state index contributed by atoms with van der Waals surface area (Å²) < 4.78 is 0. The van der Waals surface area contributed by atoms with Crippen LogP contribution < -0.4 is 15.5 Å². The zero-order valence-electron chi connectivity index (χ0n) is 16.7. The van der Waals surface area contributed by atoms with Gasteiger partial charge in [-0.25, -0.2) is 0 Å². The van der Waals surface area contributed by atoms with Crippen LogP contribution >= 0.6 is 0 Å². The lowest BCUT2D eigenvalue weighted by Crippen LogP contribution is -2.32. The highest BCUT2D eigenvalue weighted by molar-refractivity contribution is 5.91. The lowest BCUT2D eigenvalue weighted by atomic mass is 9.99. The van der Waals surface area contributed by atoms with Gasteiger partial charge >= 0.3 is 0 Å². The maximum Gasteiger partial charge on any atom is 0.226 e. The fraction of sp³-hybridized carbons (Fsp3) is 0.435. The molecule has 1 heterocycles. The average molecular weight is 366 g/mol.